The average molecular weight is 399 g/mol. The van der Waals surface area contributed by atoms with Gasteiger partial charge in [0.2, 0.25) is 0 Å². The number of amides is 2. The molecule has 1 aliphatic heterocycles. The molecule has 7 heteroatoms. The first-order chi connectivity index (χ1) is 13.0. The highest BCUT2D eigenvalue weighted by molar-refractivity contribution is 8.18. The summed E-state index contributed by atoms with van der Waals surface area (Å²) in [7, 11) is 1.22. The molecule has 3 rings (SSSR count). The van der Waals surface area contributed by atoms with E-state index in [0.29, 0.717) is 4.91 Å². The molecule has 1 saturated heterocycles. The Morgan fingerprint density at radius 2 is 1.70 bits per heavy atom. The third kappa shape index (κ3) is 4.43. The highest BCUT2D eigenvalue weighted by Gasteiger charge is 2.41. The zero-order valence-corrected chi connectivity index (χ0v) is 16.4. The fraction of sp³-hybridized carbons (Fsp3) is 0.150. The number of thioether (sulfide) groups is 1. The van der Waals surface area contributed by atoms with Crippen LogP contribution < -0.4 is 0 Å². The molecule has 138 valence electrons. The first kappa shape index (κ1) is 19.3. The Morgan fingerprint density at radius 1 is 1.07 bits per heavy atom. The Kier molecular flexibility index (Phi) is 6.03. The molecule has 0 spiro atoms. The number of rotatable bonds is 5. The van der Waals surface area contributed by atoms with E-state index in [1.165, 1.54) is 14.0 Å². The monoisotopic (exact) mass is 399 g/mol. The van der Waals surface area contributed by atoms with Gasteiger partial charge < -0.3 is 4.74 Å². The lowest BCUT2D eigenvalue weighted by atomic mass is 10.2. The van der Waals surface area contributed by atoms with Crippen molar-refractivity contribution in [2.24, 2.45) is 0 Å². The maximum absolute atomic E-state index is 12.5. The first-order valence-electron chi connectivity index (χ1n) is 8.17. The number of methoxy groups -OCH3 is 1. The third-order valence-corrected chi connectivity index (χ3v) is 5.81. The number of carbonyl (C=O) groups excluding carboxylic acids is 3. The summed E-state index contributed by atoms with van der Waals surface area (Å²) in [5.74, 6) is -1.11. The van der Waals surface area contributed by atoms with Crippen LogP contribution in [0.1, 0.15) is 12.5 Å². The summed E-state index contributed by atoms with van der Waals surface area (Å²) in [6.45, 7) is 1.47. The van der Waals surface area contributed by atoms with Crippen molar-refractivity contribution in [1.82, 2.24) is 4.90 Å². The minimum Gasteiger partial charge on any atom is -0.467 e. The van der Waals surface area contributed by atoms with Crippen LogP contribution in [-0.2, 0) is 14.3 Å². The van der Waals surface area contributed by atoms with Gasteiger partial charge in [0.25, 0.3) is 11.1 Å². The standard InChI is InChI=1S/C20H17NO4S2/c1-13(19(23)25-2)21-18(22)17(27-20(21)24)12-14-8-10-16(11-9-14)26-15-6-4-3-5-7-15/h3-13H,1-2H3/b17-12-/t13-/m1/s1. The summed E-state index contributed by atoms with van der Waals surface area (Å²) in [4.78, 5) is 39.7. The number of hydrogen-bond donors (Lipinski definition) is 0. The van der Waals surface area contributed by atoms with Crippen LogP contribution >= 0.6 is 23.5 Å². The van der Waals surface area contributed by atoms with E-state index in [1.807, 2.05) is 54.6 Å². The largest absolute Gasteiger partial charge is 0.467 e. The Labute approximate surface area is 165 Å². The molecule has 27 heavy (non-hydrogen) atoms. The fourth-order valence-corrected chi connectivity index (χ4v) is 4.24. The average Bonchev–Trinajstić information content (AvgIpc) is 2.96. The Balaban J connectivity index is 1.74. The van der Waals surface area contributed by atoms with E-state index in [9.17, 15) is 14.4 Å². The predicted molar refractivity (Wildman–Crippen MR) is 106 cm³/mol. The molecule has 1 atom stereocenters. The molecule has 0 bridgehead atoms. The van der Waals surface area contributed by atoms with E-state index in [-0.39, 0.29) is 0 Å². The van der Waals surface area contributed by atoms with Crippen molar-refractivity contribution in [3.63, 3.8) is 0 Å². The quantitative estimate of drug-likeness (QED) is 0.547. The van der Waals surface area contributed by atoms with Crippen LogP contribution in [-0.4, -0.2) is 35.2 Å². The molecule has 0 radical (unpaired) electrons. The molecule has 0 aliphatic carbocycles. The lowest BCUT2D eigenvalue weighted by molar-refractivity contribution is -0.148. The van der Waals surface area contributed by atoms with E-state index in [0.717, 1.165) is 32.0 Å². The summed E-state index contributed by atoms with van der Waals surface area (Å²) in [5.41, 5.74) is 0.809. The summed E-state index contributed by atoms with van der Waals surface area (Å²) in [6, 6.07) is 16.8. The van der Waals surface area contributed by atoms with Gasteiger partial charge in [-0.25, -0.2) is 4.79 Å². The third-order valence-electron chi connectivity index (χ3n) is 3.91. The minimum atomic E-state index is -0.946. The Morgan fingerprint density at radius 3 is 2.33 bits per heavy atom. The van der Waals surface area contributed by atoms with Crippen molar-refractivity contribution < 1.29 is 19.1 Å². The topological polar surface area (TPSA) is 63.7 Å². The van der Waals surface area contributed by atoms with Crippen LogP contribution in [0.15, 0.2) is 69.3 Å². The van der Waals surface area contributed by atoms with E-state index >= 15 is 0 Å². The van der Waals surface area contributed by atoms with Crippen molar-refractivity contribution in [2.75, 3.05) is 7.11 Å². The second-order valence-electron chi connectivity index (χ2n) is 5.73. The van der Waals surface area contributed by atoms with E-state index < -0.39 is 23.2 Å². The molecule has 2 aromatic rings. The van der Waals surface area contributed by atoms with Gasteiger partial charge >= 0.3 is 5.97 Å². The first-order valence-corrected chi connectivity index (χ1v) is 9.81. The molecule has 1 aliphatic rings. The fourth-order valence-electron chi connectivity index (χ4n) is 2.50. The van der Waals surface area contributed by atoms with Gasteiger partial charge in [0.15, 0.2) is 0 Å². The van der Waals surface area contributed by atoms with Gasteiger partial charge in [0.05, 0.1) is 12.0 Å². The number of carbonyl (C=O) groups is 3. The SMILES string of the molecule is COC(=O)[C@@H](C)N1C(=O)S/C(=C\c2ccc(Sc3ccccc3)cc2)C1=O. The van der Waals surface area contributed by atoms with Gasteiger partial charge in [-0.3, -0.25) is 14.5 Å². The number of ether oxygens (including phenoxy) is 1. The molecular weight excluding hydrogens is 382 g/mol. The van der Waals surface area contributed by atoms with Crippen molar-refractivity contribution in [3.05, 3.63) is 65.1 Å². The van der Waals surface area contributed by atoms with Crippen molar-refractivity contribution in [1.29, 1.82) is 0 Å². The van der Waals surface area contributed by atoms with Crippen molar-refractivity contribution in [3.8, 4) is 0 Å². The summed E-state index contributed by atoms with van der Waals surface area (Å²) < 4.78 is 4.62. The van der Waals surface area contributed by atoms with Crippen LogP contribution in [0.25, 0.3) is 6.08 Å². The van der Waals surface area contributed by atoms with Crippen molar-refractivity contribution in [2.45, 2.75) is 22.8 Å². The smallest absolute Gasteiger partial charge is 0.328 e. The van der Waals surface area contributed by atoms with Crippen LogP contribution in [0.4, 0.5) is 4.79 Å². The Bertz CT molecular complexity index is 894. The highest BCUT2D eigenvalue weighted by Crippen LogP contribution is 2.34. The molecular formula is C20H17NO4S2. The molecule has 2 amide bonds. The van der Waals surface area contributed by atoms with Crippen LogP contribution in [0.2, 0.25) is 0 Å². The van der Waals surface area contributed by atoms with E-state index in [1.54, 1.807) is 17.8 Å². The van der Waals surface area contributed by atoms with Gasteiger partial charge in [0, 0.05) is 9.79 Å². The van der Waals surface area contributed by atoms with Crippen molar-refractivity contribution >= 4 is 46.7 Å². The van der Waals surface area contributed by atoms with E-state index in [2.05, 4.69) is 4.74 Å². The Hall–Kier alpha value is -2.51. The van der Waals surface area contributed by atoms with Gasteiger partial charge in [-0.2, -0.15) is 0 Å². The molecule has 0 aromatic heterocycles. The molecule has 5 nitrogen and oxygen atoms in total. The minimum absolute atomic E-state index is 0.291. The van der Waals surface area contributed by atoms with Gasteiger partial charge in [0.1, 0.15) is 6.04 Å². The highest BCUT2D eigenvalue weighted by atomic mass is 32.2. The number of benzene rings is 2. The van der Waals surface area contributed by atoms with Crippen LogP contribution in [0, 0.1) is 0 Å². The van der Waals surface area contributed by atoms with E-state index in [4.69, 9.17) is 0 Å². The molecule has 0 N–H and O–H groups in total. The second-order valence-corrected chi connectivity index (χ2v) is 7.88. The number of esters is 1. The van der Waals surface area contributed by atoms with Crippen LogP contribution in [0.5, 0.6) is 0 Å². The second kappa shape index (κ2) is 8.45. The van der Waals surface area contributed by atoms with Crippen LogP contribution in [0.3, 0.4) is 0 Å². The lowest BCUT2D eigenvalue weighted by Crippen LogP contribution is -2.42. The summed E-state index contributed by atoms with van der Waals surface area (Å²) in [6.07, 6.45) is 1.66. The lowest BCUT2D eigenvalue weighted by Gasteiger charge is -2.18. The number of imide groups is 1. The zero-order chi connectivity index (χ0) is 19.4. The molecule has 0 unspecified atom stereocenters. The predicted octanol–water partition coefficient (Wildman–Crippen LogP) is 4.44. The number of nitrogens with zero attached hydrogens (tertiary/aromatic N) is 1. The normalized spacial score (nSPS) is 16.7. The summed E-state index contributed by atoms with van der Waals surface area (Å²) >= 11 is 2.47. The number of hydrogen-bond acceptors (Lipinski definition) is 6. The maximum atomic E-state index is 12.5. The maximum Gasteiger partial charge on any atom is 0.328 e. The van der Waals surface area contributed by atoms with Gasteiger partial charge in [-0.05, 0) is 54.6 Å². The van der Waals surface area contributed by atoms with Gasteiger partial charge in [-0.15, -0.1) is 0 Å². The molecule has 1 fully saturated rings. The summed E-state index contributed by atoms with van der Waals surface area (Å²) in [5, 5.41) is -0.472. The van der Waals surface area contributed by atoms with Gasteiger partial charge in [-0.1, -0.05) is 42.1 Å². The molecule has 1 heterocycles. The zero-order valence-electron chi connectivity index (χ0n) is 14.7. The molecule has 0 saturated carbocycles. The molecule has 2 aromatic carbocycles.